The number of fused-ring (bicyclic) bond motifs is 5. The monoisotopic (exact) mass is 779 g/mol. The summed E-state index contributed by atoms with van der Waals surface area (Å²) in [4.78, 5) is 56.3. The normalized spacial score (nSPS) is 31.4. The number of halogens is 1. The minimum Gasteiger partial charge on any atom is -0.457 e. The molecule has 2 saturated heterocycles. The molecule has 0 spiro atoms. The van der Waals surface area contributed by atoms with Gasteiger partial charge in [-0.15, -0.1) is 0 Å². The number of aliphatic hydroxyl groups is 3. The van der Waals surface area contributed by atoms with Crippen molar-refractivity contribution in [2.24, 2.45) is 11.8 Å². The SMILES string of the molecule is C/C1=C\C=C\C(CO)[C@@]2(O)C[C@H](OC(=O)N2)[C@@H](C)[C@@H]2O[C@@]2(C)[C@@H](OC(=O)[C@@H](C)N(C)C(=O)CCSC(C)C)CC(=O)N(C)c2cc(cc(CO)c2Cl)C1. The topological polar surface area (TPSA) is 178 Å². The summed E-state index contributed by atoms with van der Waals surface area (Å²) in [6.07, 6.45) is 1.75. The van der Waals surface area contributed by atoms with E-state index in [0.29, 0.717) is 28.7 Å². The van der Waals surface area contributed by atoms with E-state index in [2.05, 4.69) is 5.32 Å². The van der Waals surface area contributed by atoms with E-state index in [1.165, 1.54) is 16.8 Å². The van der Waals surface area contributed by atoms with Crippen LogP contribution < -0.4 is 10.2 Å². The summed E-state index contributed by atoms with van der Waals surface area (Å²) in [5, 5.41) is 35.2. The van der Waals surface area contributed by atoms with Crippen molar-refractivity contribution >= 4 is 52.9 Å². The van der Waals surface area contributed by atoms with Crippen LogP contribution in [-0.2, 0) is 41.6 Å². The summed E-state index contributed by atoms with van der Waals surface area (Å²) in [7, 11) is 3.08. The zero-order chi connectivity index (χ0) is 39.4. The number of carbonyl (C=O) groups excluding carboxylic acids is 4. The Labute approximate surface area is 321 Å². The van der Waals surface area contributed by atoms with Crippen LogP contribution in [0.3, 0.4) is 0 Å². The fourth-order valence-electron chi connectivity index (χ4n) is 6.86. The number of hydrogen-bond acceptors (Lipinski definition) is 11. The lowest BCUT2D eigenvalue weighted by Gasteiger charge is -2.42. The van der Waals surface area contributed by atoms with E-state index in [4.69, 9.17) is 25.8 Å². The van der Waals surface area contributed by atoms with Crippen molar-refractivity contribution in [2.45, 2.75) is 115 Å². The molecular weight excluding hydrogens is 726 g/mol. The van der Waals surface area contributed by atoms with Gasteiger partial charge < -0.3 is 39.3 Å². The van der Waals surface area contributed by atoms with E-state index < -0.39 is 72.1 Å². The molecule has 4 N–H and O–H groups in total. The number of anilines is 1. The highest BCUT2D eigenvalue weighted by atomic mass is 35.5. The van der Waals surface area contributed by atoms with E-state index in [1.807, 2.05) is 26.8 Å². The molecule has 15 heteroatoms. The lowest BCUT2D eigenvalue weighted by molar-refractivity contribution is -0.161. The number of benzene rings is 1. The van der Waals surface area contributed by atoms with E-state index >= 15 is 0 Å². The summed E-state index contributed by atoms with van der Waals surface area (Å²) in [6, 6.07) is 2.53. The fourth-order valence-corrected chi connectivity index (χ4v) is 7.92. The van der Waals surface area contributed by atoms with E-state index in [9.17, 15) is 34.5 Å². The van der Waals surface area contributed by atoms with E-state index in [-0.39, 0.29) is 36.8 Å². The third-order valence-electron chi connectivity index (χ3n) is 10.5. The van der Waals surface area contributed by atoms with Crippen LogP contribution in [0.4, 0.5) is 10.5 Å². The highest BCUT2D eigenvalue weighted by Gasteiger charge is 2.64. The first-order valence-corrected chi connectivity index (χ1v) is 19.4. The Hall–Kier alpha value is -3.14. The minimum absolute atomic E-state index is 0.0897. The van der Waals surface area contributed by atoms with Crippen molar-refractivity contribution < 1.29 is 48.7 Å². The summed E-state index contributed by atoms with van der Waals surface area (Å²) in [5.74, 6) is -2.27. The molecule has 8 atom stereocenters. The van der Waals surface area contributed by atoms with Crippen molar-refractivity contribution in [2.75, 3.05) is 31.4 Å². The van der Waals surface area contributed by atoms with Gasteiger partial charge in [-0.3, -0.25) is 14.9 Å². The van der Waals surface area contributed by atoms with Gasteiger partial charge in [-0.25, -0.2) is 9.59 Å². The van der Waals surface area contributed by atoms with Crippen LogP contribution in [-0.4, -0.2) is 111 Å². The number of aliphatic hydroxyl groups excluding tert-OH is 2. The number of nitrogens with one attached hydrogen (secondary N) is 1. The van der Waals surface area contributed by atoms with Crippen LogP contribution in [0.2, 0.25) is 5.02 Å². The number of carbonyl (C=O) groups is 4. The van der Waals surface area contributed by atoms with Gasteiger partial charge in [-0.2, -0.15) is 11.8 Å². The Morgan fingerprint density at radius 2 is 1.92 bits per heavy atom. The maximum atomic E-state index is 14.1. The second-order valence-electron chi connectivity index (χ2n) is 14.8. The van der Waals surface area contributed by atoms with Gasteiger partial charge in [-0.05, 0) is 49.6 Å². The lowest BCUT2D eigenvalue weighted by atomic mass is 9.81. The molecule has 0 aliphatic carbocycles. The average molecular weight is 780 g/mol. The lowest BCUT2D eigenvalue weighted by Crippen LogP contribution is -2.62. The third-order valence-corrected chi connectivity index (χ3v) is 12.0. The number of epoxide rings is 1. The second-order valence-corrected chi connectivity index (χ2v) is 16.9. The van der Waals surface area contributed by atoms with Crippen LogP contribution >= 0.6 is 23.4 Å². The van der Waals surface area contributed by atoms with Crippen LogP contribution in [0, 0.1) is 11.8 Å². The molecule has 53 heavy (non-hydrogen) atoms. The predicted octanol–water partition coefficient (Wildman–Crippen LogP) is 4.12. The first-order valence-electron chi connectivity index (χ1n) is 17.9. The van der Waals surface area contributed by atoms with Gasteiger partial charge in [-0.1, -0.05) is 62.2 Å². The molecule has 3 aliphatic heterocycles. The van der Waals surface area contributed by atoms with Crippen molar-refractivity contribution in [3.8, 4) is 0 Å². The first kappa shape index (κ1) is 42.6. The van der Waals surface area contributed by atoms with Crippen LogP contribution in [0.5, 0.6) is 0 Å². The largest absolute Gasteiger partial charge is 0.457 e. The molecule has 1 aromatic carbocycles. The number of amides is 3. The number of thioether (sulfide) groups is 1. The first-order chi connectivity index (χ1) is 24.8. The standard InChI is InChI=1S/C38H54ClN3O10S/c1-21(2)53-13-12-31(45)41(7)24(5)35(47)51-30-17-32(46)42(8)28-16-25(15-26(19-43)33(28)39)14-22(3)10-9-11-27(20-44)38(49)18-29(50-36(48)40-38)23(4)34-37(30,6)52-34/h9-11,15-16,21,23-24,27,29-30,34,43-44,49H,12-14,17-20H2,1-8H3,(H,40,48)/b11-9+,22-10+/t23-,24-,27?,29+,30+,34+,37+,38+/m1/s1. The molecule has 3 aliphatic rings. The average Bonchev–Trinajstić information content (AvgIpc) is 3.79. The molecule has 4 bridgehead atoms. The van der Waals surface area contributed by atoms with Crippen LogP contribution in [0.25, 0.3) is 0 Å². The Balaban J connectivity index is 1.73. The fraction of sp³-hybridized carbons (Fsp3) is 0.632. The molecule has 1 aromatic rings. The smallest absolute Gasteiger partial charge is 0.409 e. The number of allylic oxidation sites excluding steroid dienone is 3. The number of likely N-dealkylation sites (N-methyl/N-ethyl adjacent to an activating group) is 1. The number of rotatable bonds is 9. The third kappa shape index (κ3) is 9.95. The highest BCUT2D eigenvalue weighted by Crippen LogP contribution is 2.49. The van der Waals surface area contributed by atoms with Crippen molar-refractivity contribution in [1.29, 1.82) is 0 Å². The van der Waals surface area contributed by atoms with E-state index in [1.54, 1.807) is 63.9 Å². The molecule has 2 fully saturated rings. The van der Waals surface area contributed by atoms with Gasteiger partial charge in [0.15, 0.2) is 5.72 Å². The van der Waals surface area contributed by atoms with Gasteiger partial charge in [0, 0.05) is 44.5 Å². The maximum Gasteiger partial charge on any atom is 0.409 e. The van der Waals surface area contributed by atoms with Gasteiger partial charge in [0.1, 0.15) is 23.9 Å². The number of alkyl carbamates (subject to hydrolysis) is 1. The van der Waals surface area contributed by atoms with E-state index in [0.717, 1.165) is 11.1 Å². The molecule has 0 aromatic heterocycles. The predicted molar refractivity (Wildman–Crippen MR) is 202 cm³/mol. The van der Waals surface area contributed by atoms with Gasteiger partial charge >= 0.3 is 12.1 Å². The molecule has 294 valence electrons. The molecule has 0 saturated carbocycles. The Morgan fingerprint density at radius 1 is 1.23 bits per heavy atom. The molecule has 4 rings (SSSR count). The molecule has 3 amide bonds. The zero-order valence-electron chi connectivity index (χ0n) is 31.8. The number of hydrogen-bond donors (Lipinski definition) is 4. The molecular formula is C38H54ClN3O10S. The van der Waals surface area contributed by atoms with Crippen LogP contribution in [0.1, 0.15) is 71.9 Å². The van der Waals surface area contributed by atoms with Crippen molar-refractivity contribution in [3.05, 3.63) is 52.1 Å². The van der Waals surface area contributed by atoms with Crippen molar-refractivity contribution in [3.63, 3.8) is 0 Å². The molecule has 1 unspecified atom stereocenters. The molecule has 13 nitrogen and oxygen atoms in total. The second kappa shape index (κ2) is 17.5. The van der Waals surface area contributed by atoms with Gasteiger partial charge in [0.05, 0.1) is 36.4 Å². The van der Waals surface area contributed by atoms with Gasteiger partial charge in [0.25, 0.3) is 0 Å². The van der Waals surface area contributed by atoms with Crippen LogP contribution in [0.15, 0.2) is 35.9 Å². The molecule has 3 heterocycles. The zero-order valence-corrected chi connectivity index (χ0v) is 33.3. The number of ether oxygens (including phenoxy) is 3. The summed E-state index contributed by atoms with van der Waals surface area (Å²) < 4.78 is 17.9. The summed E-state index contributed by atoms with van der Waals surface area (Å²) in [6.45, 7) is 10.1. The quantitative estimate of drug-likeness (QED) is 0.209. The van der Waals surface area contributed by atoms with Gasteiger partial charge in [0.2, 0.25) is 11.8 Å². The molecule has 0 radical (unpaired) electrons. The Bertz CT molecular complexity index is 1610. The minimum atomic E-state index is -1.86. The Kier molecular flexibility index (Phi) is 14.1. The summed E-state index contributed by atoms with van der Waals surface area (Å²) >= 11 is 8.36. The number of nitrogens with zero attached hydrogens (tertiary/aromatic N) is 2. The van der Waals surface area contributed by atoms with Crippen molar-refractivity contribution in [1.82, 2.24) is 10.2 Å². The maximum absolute atomic E-state index is 14.1. The Morgan fingerprint density at radius 3 is 2.57 bits per heavy atom. The number of esters is 1. The highest BCUT2D eigenvalue weighted by molar-refractivity contribution is 7.99. The summed E-state index contributed by atoms with van der Waals surface area (Å²) in [5.41, 5.74) is -0.691.